The van der Waals surface area contributed by atoms with E-state index < -0.39 is 5.78 Å². The molecule has 6 heteroatoms. The lowest BCUT2D eigenvalue weighted by Crippen LogP contribution is -2.10. The number of rotatable bonds is 5. The summed E-state index contributed by atoms with van der Waals surface area (Å²) in [6, 6.07) is 25.4. The van der Waals surface area contributed by atoms with E-state index in [2.05, 4.69) is 15.0 Å². The second-order valence-corrected chi connectivity index (χ2v) is 8.19. The topological polar surface area (TPSA) is 92.8 Å². The van der Waals surface area contributed by atoms with E-state index in [4.69, 9.17) is 0 Å². The van der Waals surface area contributed by atoms with Crippen LogP contribution in [-0.4, -0.2) is 32.8 Å². The lowest BCUT2D eigenvalue weighted by molar-refractivity contribution is 0.102. The number of aromatic nitrogens is 3. The van der Waals surface area contributed by atoms with E-state index in [0.717, 1.165) is 10.8 Å². The summed E-state index contributed by atoms with van der Waals surface area (Å²) in [4.78, 5) is 51.3. The molecule has 0 amide bonds. The Morgan fingerprint density at radius 1 is 0.771 bits per heavy atom. The first kappa shape index (κ1) is 20.6. The number of H-pyrrole nitrogens is 1. The van der Waals surface area contributed by atoms with Gasteiger partial charge in [0.15, 0.2) is 6.29 Å². The molecule has 0 aliphatic heterocycles. The molecule has 0 aliphatic carbocycles. The highest BCUT2D eigenvalue weighted by molar-refractivity contribution is 6.27. The number of aromatic amines is 1. The second kappa shape index (κ2) is 8.11. The number of hydrogen-bond acceptors (Lipinski definition) is 5. The number of benzene rings is 3. The molecule has 0 bridgehead atoms. The average molecular weight is 455 g/mol. The monoisotopic (exact) mass is 455 g/mol. The predicted octanol–water partition coefficient (Wildman–Crippen LogP) is 5.54. The van der Waals surface area contributed by atoms with Crippen molar-refractivity contribution >= 4 is 50.4 Å². The van der Waals surface area contributed by atoms with E-state index in [9.17, 15) is 14.4 Å². The standard InChI is InChI=1S/C29H17N3O3/c33-16-24-26(29(35)23-13-12-18-7-2-4-10-21(18)31-23)25-20(9-5-11-22(25)32-24)28(34)27-19-8-3-1-6-17(19)14-15-30-27/h1-16,32H. The van der Waals surface area contributed by atoms with Crippen molar-refractivity contribution in [1.29, 1.82) is 0 Å². The van der Waals surface area contributed by atoms with Crippen LogP contribution in [-0.2, 0) is 0 Å². The molecule has 0 saturated carbocycles. The first-order chi connectivity index (χ1) is 17.2. The highest BCUT2D eigenvalue weighted by atomic mass is 16.1. The molecule has 3 aromatic carbocycles. The number of carbonyl (C=O) groups excluding carboxylic acids is 3. The van der Waals surface area contributed by atoms with Gasteiger partial charge in [0, 0.05) is 33.4 Å². The van der Waals surface area contributed by atoms with Gasteiger partial charge in [-0.1, -0.05) is 60.7 Å². The largest absolute Gasteiger partial charge is 0.352 e. The third-order valence-corrected chi connectivity index (χ3v) is 6.16. The maximum Gasteiger partial charge on any atom is 0.214 e. The van der Waals surface area contributed by atoms with Gasteiger partial charge < -0.3 is 4.98 Å². The molecule has 1 N–H and O–H groups in total. The average Bonchev–Trinajstić information content (AvgIpc) is 3.30. The van der Waals surface area contributed by atoms with E-state index in [-0.39, 0.29) is 28.4 Å². The van der Waals surface area contributed by atoms with Crippen LogP contribution in [0.4, 0.5) is 0 Å². The normalized spacial score (nSPS) is 11.2. The van der Waals surface area contributed by atoms with Crippen LogP contribution in [0.3, 0.4) is 0 Å². The lowest BCUT2D eigenvalue weighted by Gasteiger charge is -2.08. The first-order valence-electron chi connectivity index (χ1n) is 11.0. The zero-order valence-corrected chi connectivity index (χ0v) is 18.4. The molecule has 0 saturated heterocycles. The summed E-state index contributed by atoms with van der Waals surface area (Å²) in [6.45, 7) is 0. The highest BCUT2D eigenvalue weighted by Gasteiger charge is 2.26. The molecule has 0 fully saturated rings. The van der Waals surface area contributed by atoms with Gasteiger partial charge in [-0.25, -0.2) is 4.98 Å². The van der Waals surface area contributed by atoms with Gasteiger partial charge in [0.25, 0.3) is 0 Å². The Morgan fingerprint density at radius 2 is 1.57 bits per heavy atom. The molecule has 0 unspecified atom stereocenters. The van der Waals surface area contributed by atoms with Gasteiger partial charge in [0.1, 0.15) is 11.4 Å². The van der Waals surface area contributed by atoms with Crippen LogP contribution in [0, 0.1) is 0 Å². The number of ketones is 2. The van der Waals surface area contributed by atoms with Gasteiger partial charge in [-0.2, -0.15) is 0 Å². The Morgan fingerprint density at radius 3 is 2.43 bits per heavy atom. The van der Waals surface area contributed by atoms with E-state index in [1.807, 2.05) is 60.7 Å². The minimum Gasteiger partial charge on any atom is -0.352 e. The van der Waals surface area contributed by atoms with Crippen molar-refractivity contribution in [2.24, 2.45) is 0 Å². The first-order valence-corrected chi connectivity index (χ1v) is 11.0. The minimum atomic E-state index is -0.435. The van der Waals surface area contributed by atoms with Crippen molar-refractivity contribution in [3.05, 3.63) is 119 Å². The van der Waals surface area contributed by atoms with Crippen molar-refractivity contribution in [3.8, 4) is 0 Å². The zero-order valence-electron chi connectivity index (χ0n) is 18.4. The Labute approximate surface area is 199 Å². The number of nitrogens with zero attached hydrogens (tertiary/aromatic N) is 2. The fourth-order valence-electron chi connectivity index (χ4n) is 4.53. The maximum atomic E-state index is 13.8. The Bertz CT molecular complexity index is 1810. The lowest BCUT2D eigenvalue weighted by atomic mass is 9.95. The number of nitrogens with one attached hydrogen (secondary N) is 1. The van der Waals surface area contributed by atoms with Crippen LogP contribution in [0.1, 0.15) is 42.6 Å². The van der Waals surface area contributed by atoms with Crippen LogP contribution >= 0.6 is 0 Å². The molecular weight excluding hydrogens is 438 g/mol. The molecule has 0 atom stereocenters. The SMILES string of the molecule is O=Cc1[nH]c2cccc(C(=O)c3nccc4ccccc34)c2c1C(=O)c1ccc2ccccc2n1. The predicted molar refractivity (Wildman–Crippen MR) is 134 cm³/mol. The molecule has 0 spiro atoms. The number of para-hydroxylation sites is 1. The number of pyridine rings is 2. The van der Waals surface area contributed by atoms with Crippen LogP contribution in [0.25, 0.3) is 32.6 Å². The van der Waals surface area contributed by atoms with E-state index in [1.165, 1.54) is 0 Å². The quantitative estimate of drug-likeness (QED) is 0.272. The van der Waals surface area contributed by atoms with E-state index >= 15 is 0 Å². The summed E-state index contributed by atoms with van der Waals surface area (Å²) < 4.78 is 0. The van der Waals surface area contributed by atoms with Gasteiger partial charge >= 0.3 is 0 Å². The summed E-state index contributed by atoms with van der Waals surface area (Å²) in [5.74, 6) is -0.764. The molecule has 6 nitrogen and oxygen atoms in total. The smallest absolute Gasteiger partial charge is 0.214 e. The summed E-state index contributed by atoms with van der Waals surface area (Å²) in [5.41, 5.74) is 2.18. The van der Waals surface area contributed by atoms with Crippen molar-refractivity contribution < 1.29 is 14.4 Å². The summed E-state index contributed by atoms with van der Waals surface area (Å²) in [5, 5.41) is 2.88. The Hall–Kier alpha value is -4.97. The molecule has 3 heterocycles. The van der Waals surface area contributed by atoms with Gasteiger partial charge in [-0.15, -0.1) is 0 Å². The van der Waals surface area contributed by atoms with Crippen molar-refractivity contribution in [1.82, 2.24) is 15.0 Å². The molecule has 35 heavy (non-hydrogen) atoms. The second-order valence-electron chi connectivity index (χ2n) is 8.19. The van der Waals surface area contributed by atoms with E-state index in [0.29, 0.717) is 33.7 Å². The number of aldehydes is 1. The Balaban J connectivity index is 1.57. The highest BCUT2D eigenvalue weighted by Crippen LogP contribution is 2.30. The summed E-state index contributed by atoms with van der Waals surface area (Å²) >= 11 is 0. The van der Waals surface area contributed by atoms with E-state index in [1.54, 1.807) is 30.5 Å². The molecule has 6 aromatic rings. The Kier molecular flexibility index (Phi) is 4.78. The van der Waals surface area contributed by atoms with Crippen molar-refractivity contribution in [2.45, 2.75) is 0 Å². The third kappa shape index (κ3) is 3.31. The molecule has 0 aliphatic rings. The van der Waals surface area contributed by atoms with Crippen molar-refractivity contribution in [3.63, 3.8) is 0 Å². The molecule has 3 aromatic heterocycles. The van der Waals surface area contributed by atoms with Gasteiger partial charge in [0.2, 0.25) is 11.6 Å². The molecule has 6 rings (SSSR count). The molecular formula is C29H17N3O3. The summed E-state index contributed by atoms with van der Waals surface area (Å²) in [6.07, 6.45) is 2.19. The van der Waals surface area contributed by atoms with Crippen molar-refractivity contribution in [2.75, 3.05) is 0 Å². The number of hydrogen-bond donors (Lipinski definition) is 1. The molecule has 0 radical (unpaired) electrons. The van der Waals surface area contributed by atoms with Crippen LogP contribution in [0.5, 0.6) is 0 Å². The third-order valence-electron chi connectivity index (χ3n) is 6.16. The summed E-state index contributed by atoms with van der Waals surface area (Å²) in [7, 11) is 0. The van der Waals surface area contributed by atoms with Crippen LogP contribution < -0.4 is 0 Å². The van der Waals surface area contributed by atoms with Gasteiger partial charge in [0.05, 0.1) is 16.8 Å². The molecule has 166 valence electrons. The fourth-order valence-corrected chi connectivity index (χ4v) is 4.53. The fraction of sp³-hybridized carbons (Fsp3) is 0. The van der Waals surface area contributed by atoms with Gasteiger partial charge in [-0.3, -0.25) is 19.4 Å². The minimum absolute atomic E-state index is 0.103. The van der Waals surface area contributed by atoms with Crippen LogP contribution in [0.2, 0.25) is 0 Å². The zero-order chi connectivity index (χ0) is 23.9. The number of carbonyl (C=O) groups is 3. The van der Waals surface area contributed by atoms with Gasteiger partial charge in [-0.05, 0) is 29.7 Å². The van der Waals surface area contributed by atoms with Crippen LogP contribution in [0.15, 0.2) is 91.1 Å². The number of fused-ring (bicyclic) bond motifs is 3. The maximum absolute atomic E-state index is 13.8.